The second-order valence-electron chi connectivity index (χ2n) is 4.09. The van der Waals surface area contributed by atoms with Gasteiger partial charge in [0.25, 0.3) is 0 Å². The zero-order chi connectivity index (χ0) is 11.4. The summed E-state index contributed by atoms with van der Waals surface area (Å²) in [4.78, 5) is 17.8. The third kappa shape index (κ3) is 2.58. The van der Waals surface area contributed by atoms with Crippen LogP contribution in [0.15, 0.2) is 24.4 Å². The van der Waals surface area contributed by atoms with Crippen molar-refractivity contribution in [3.8, 4) is 0 Å². The van der Waals surface area contributed by atoms with Gasteiger partial charge in [0.15, 0.2) is 0 Å². The zero-order valence-corrected chi connectivity index (χ0v) is 9.43. The monoisotopic (exact) mass is 220 g/mol. The van der Waals surface area contributed by atoms with Gasteiger partial charge in [0.05, 0.1) is 0 Å². The van der Waals surface area contributed by atoms with Crippen LogP contribution in [0.25, 0.3) is 0 Å². The van der Waals surface area contributed by atoms with Crippen molar-refractivity contribution in [3.63, 3.8) is 0 Å². The first-order valence-corrected chi connectivity index (χ1v) is 5.56. The lowest BCUT2D eigenvalue weighted by atomic mass is 10.2. The van der Waals surface area contributed by atoms with Gasteiger partial charge in [-0.3, -0.25) is 0 Å². The Morgan fingerprint density at radius 3 is 3.12 bits per heavy atom. The number of nitrogens with zero attached hydrogens (tertiary/aromatic N) is 2. The molecule has 0 saturated carbocycles. The van der Waals surface area contributed by atoms with Gasteiger partial charge in [0.2, 0.25) is 0 Å². The number of likely N-dealkylation sites (N-methyl/N-ethyl adjacent to an activating group) is 1. The number of ether oxygens (including phenoxy) is 1. The maximum atomic E-state index is 11.6. The molecule has 1 fully saturated rings. The summed E-state index contributed by atoms with van der Waals surface area (Å²) in [6, 6.07) is 5.60. The van der Waals surface area contributed by atoms with E-state index < -0.39 is 0 Å². The van der Waals surface area contributed by atoms with Crippen molar-refractivity contribution in [1.29, 1.82) is 0 Å². The molecule has 0 aromatic carbocycles. The molecule has 4 nitrogen and oxygen atoms in total. The van der Waals surface area contributed by atoms with Crippen molar-refractivity contribution in [2.45, 2.75) is 18.9 Å². The van der Waals surface area contributed by atoms with E-state index in [0.717, 1.165) is 13.0 Å². The molecule has 16 heavy (non-hydrogen) atoms. The van der Waals surface area contributed by atoms with Crippen molar-refractivity contribution in [2.24, 2.45) is 0 Å². The first kappa shape index (κ1) is 11.1. The SMILES string of the molecule is CN1CCC[C@@H]1COC(=O)c1ccccn1. The highest BCUT2D eigenvalue weighted by Gasteiger charge is 2.22. The molecule has 2 rings (SSSR count). The third-order valence-corrected chi connectivity index (χ3v) is 2.95. The molecule has 0 amide bonds. The van der Waals surface area contributed by atoms with Crippen molar-refractivity contribution in [2.75, 3.05) is 20.2 Å². The molecule has 1 saturated heterocycles. The van der Waals surface area contributed by atoms with Gasteiger partial charge in [-0.1, -0.05) is 6.07 Å². The maximum Gasteiger partial charge on any atom is 0.356 e. The number of likely N-dealkylation sites (tertiary alicyclic amines) is 1. The molecule has 1 atom stereocenters. The quantitative estimate of drug-likeness (QED) is 0.721. The summed E-state index contributed by atoms with van der Waals surface area (Å²) in [6.07, 6.45) is 3.88. The molecule has 1 aliphatic rings. The van der Waals surface area contributed by atoms with Crippen LogP contribution in [-0.2, 0) is 4.74 Å². The summed E-state index contributed by atoms with van der Waals surface area (Å²) < 4.78 is 5.24. The van der Waals surface area contributed by atoms with Crippen molar-refractivity contribution in [3.05, 3.63) is 30.1 Å². The largest absolute Gasteiger partial charge is 0.459 e. The van der Waals surface area contributed by atoms with Crippen LogP contribution in [0.2, 0.25) is 0 Å². The van der Waals surface area contributed by atoms with E-state index in [1.165, 1.54) is 6.42 Å². The molecule has 0 radical (unpaired) electrons. The van der Waals surface area contributed by atoms with E-state index in [9.17, 15) is 4.79 Å². The predicted molar refractivity (Wildman–Crippen MR) is 60.2 cm³/mol. The lowest BCUT2D eigenvalue weighted by molar-refractivity contribution is 0.0409. The molecule has 1 aromatic rings. The number of rotatable bonds is 3. The molecule has 0 N–H and O–H groups in total. The predicted octanol–water partition coefficient (Wildman–Crippen LogP) is 1.33. The Hall–Kier alpha value is -1.42. The number of aromatic nitrogens is 1. The summed E-state index contributed by atoms with van der Waals surface area (Å²) >= 11 is 0. The number of pyridine rings is 1. The summed E-state index contributed by atoms with van der Waals surface area (Å²) in [7, 11) is 2.06. The second-order valence-corrected chi connectivity index (χ2v) is 4.09. The lowest BCUT2D eigenvalue weighted by Crippen LogP contribution is -2.30. The topological polar surface area (TPSA) is 42.4 Å². The van der Waals surface area contributed by atoms with E-state index in [2.05, 4.69) is 16.9 Å². The van der Waals surface area contributed by atoms with Crippen molar-refractivity contribution < 1.29 is 9.53 Å². The fourth-order valence-corrected chi connectivity index (χ4v) is 1.92. The summed E-state index contributed by atoms with van der Waals surface area (Å²) in [6.45, 7) is 1.55. The average Bonchev–Trinajstić information content (AvgIpc) is 2.73. The molecule has 86 valence electrons. The molecule has 0 bridgehead atoms. The van der Waals surface area contributed by atoms with Gasteiger partial charge in [0, 0.05) is 12.2 Å². The molecule has 0 aliphatic carbocycles. The molecule has 4 heteroatoms. The van der Waals surface area contributed by atoms with Gasteiger partial charge >= 0.3 is 5.97 Å². The highest BCUT2D eigenvalue weighted by atomic mass is 16.5. The van der Waals surface area contributed by atoms with Crippen LogP contribution in [0.5, 0.6) is 0 Å². The zero-order valence-electron chi connectivity index (χ0n) is 9.43. The van der Waals surface area contributed by atoms with Crippen LogP contribution in [0, 0.1) is 0 Å². The number of carbonyl (C=O) groups excluding carboxylic acids is 1. The normalized spacial score (nSPS) is 20.9. The van der Waals surface area contributed by atoms with Crippen LogP contribution >= 0.6 is 0 Å². The highest BCUT2D eigenvalue weighted by molar-refractivity contribution is 5.87. The molecule has 1 aromatic heterocycles. The summed E-state index contributed by atoms with van der Waals surface area (Å²) in [5.74, 6) is -0.332. The Bertz CT molecular complexity index is 353. The minimum absolute atomic E-state index is 0.332. The average molecular weight is 220 g/mol. The maximum absolute atomic E-state index is 11.6. The third-order valence-electron chi connectivity index (χ3n) is 2.95. The van der Waals surface area contributed by atoms with Gasteiger partial charge in [-0.15, -0.1) is 0 Å². The van der Waals surface area contributed by atoms with Gasteiger partial charge < -0.3 is 9.64 Å². The van der Waals surface area contributed by atoms with Crippen LogP contribution in [-0.4, -0.2) is 42.1 Å². The summed E-state index contributed by atoms with van der Waals surface area (Å²) in [5, 5.41) is 0. The fraction of sp³-hybridized carbons (Fsp3) is 0.500. The Labute approximate surface area is 95.2 Å². The number of carbonyl (C=O) groups is 1. The first-order chi connectivity index (χ1) is 7.77. The van der Waals surface area contributed by atoms with Crippen LogP contribution in [0.4, 0.5) is 0 Å². The van der Waals surface area contributed by atoms with Crippen molar-refractivity contribution in [1.82, 2.24) is 9.88 Å². The highest BCUT2D eigenvalue weighted by Crippen LogP contribution is 2.15. The van der Waals surface area contributed by atoms with Crippen LogP contribution in [0.3, 0.4) is 0 Å². The molecule has 0 spiro atoms. The standard InChI is InChI=1S/C12H16N2O2/c1-14-8-4-5-10(14)9-16-12(15)11-6-2-3-7-13-11/h2-3,6-7,10H,4-5,8-9H2,1H3/t10-/m1/s1. The van der Waals surface area contributed by atoms with Gasteiger partial charge in [-0.25, -0.2) is 9.78 Å². The molecule has 0 unspecified atom stereocenters. The van der Waals surface area contributed by atoms with Crippen molar-refractivity contribution >= 4 is 5.97 Å². The van der Waals surface area contributed by atoms with Gasteiger partial charge in [0.1, 0.15) is 12.3 Å². The second kappa shape index (κ2) is 5.07. The van der Waals surface area contributed by atoms with Gasteiger partial charge in [-0.2, -0.15) is 0 Å². The Balaban J connectivity index is 1.84. The van der Waals surface area contributed by atoms with Crippen LogP contribution < -0.4 is 0 Å². The number of esters is 1. The molecule has 2 heterocycles. The fourth-order valence-electron chi connectivity index (χ4n) is 1.92. The number of hydrogen-bond donors (Lipinski definition) is 0. The van der Waals surface area contributed by atoms with E-state index in [1.807, 2.05) is 0 Å². The molecule has 1 aliphatic heterocycles. The van der Waals surface area contributed by atoms with E-state index in [4.69, 9.17) is 4.74 Å². The van der Waals surface area contributed by atoms with E-state index in [1.54, 1.807) is 24.4 Å². The minimum Gasteiger partial charge on any atom is -0.459 e. The number of hydrogen-bond acceptors (Lipinski definition) is 4. The van der Waals surface area contributed by atoms with E-state index >= 15 is 0 Å². The van der Waals surface area contributed by atoms with E-state index in [-0.39, 0.29) is 5.97 Å². The summed E-state index contributed by atoms with van der Waals surface area (Å²) in [5.41, 5.74) is 0.378. The van der Waals surface area contributed by atoms with Crippen LogP contribution in [0.1, 0.15) is 23.3 Å². The smallest absolute Gasteiger partial charge is 0.356 e. The lowest BCUT2D eigenvalue weighted by Gasteiger charge is -2.18. The Kier molecular flexibility index (Phi) is 3.51. The van der Waals surface area contributed by atoms with Gasteiger partial charge in [-0.05, 0) is 38.6 Å². The van der Waals surface area contributed by atoms with E-state index in [0.29, 0.717) is 18.3 Å². The molecular formula is C12H16N2O2. The molecular weight excluding hydrogens is 204 g/mol. The minimum atomic E-state index is -0.332. The Morgan fingerprint density at radius 2 is 2.50 bits per heavy atom. The first-order valence-electron chi connectivity index (χ1n) is 5.56. The Morgan fingerprint density at radius 1 is 1.62 bits per heavy atom.